The summed E-state index contributed by atoms with van der Waals surface area (Å²) in [4.78, 5) is 14.0. The number of nitrogens with one attached hydrogen (secondary N) is 1. The molecular formula is C27H31N7O3. The highest BCUT2D eigenvalue weighted by atomic mass is 16.5. The Bertz CT molecular complexity index is 1390. The molecule has 0 amide bonds. The molecule has 1 aromatic carbocycles. The third-order valence-corrected chi connectivity index (χ3v) is 7.02. The SMILES string of the molecule is COc1cc(N2CC3CN(CCO)CC(C2)O3)ccc1Nc1ncc(C)c(-c2cnn3ccccc23)n1. The van der Waals surface area contributed by atoms with Crippen molar-refractivity contribution in [2.45, 2.75) is 19.1 Å². The fraction of sp³-hybridized carbons (Fsp3) is 0.370. The monoisotopic (exact) mass is 501 g/mol. The molecule has 2 fully saturated rings. The predicted octanol–water partition coefficient (Wildman–Crippen LogP) is 2.73. The third-order valence-electron chi connectivity index (χ3n) is 7.02. The Morgan fingerprint density at radius 1 is 1.11 bits per heavy atom. The molecule has 0 radical (unpaired) electrons. The molecule has 0 aliphatic carbocycles. The summed E-state index contributed by atoms with van der Waals surface area (Å²) in [7, 11) is 1.67. The van der Waals surface area contributed by atoms with E-state index in [1.165, 1.54) is 0 Å². The van der Waals surface area contributed by atoms with E-state index < -0.39 is 0 Å². The van der Waals surface area contributed by atoms with Crippen LogP contribution in [0, 0.1) is 6.92 Å². The molecule has 3 aromatic heterocycles. The quantitative estimate of drug-likeness (QED) is 0.396. The summed E-state index contributed by atoms with van der Waals surface area (Å²) in [5.41, 5.74) is 5.65. The van der Waals surface area contributed by atoms with E-state index in [1.54, 1.807) is 7.11 Å². The van der Waals surface area contributed by atoms with Gasteiger partial charge in [0.05, 0.1) is 49.0 Å². The van der Waals surface area contributed by atoms with Crippen LogP contribution >= 0.6 is 0 Å². The molecule has 5 heterocycles. The van der Waals surface area contributed by atoms with Gasteiger partial charge in [0.1, 0.15) is 5.75 Å². The van der Waals surface area contributed by atoms with Crippen LogP contribution in [-0.4, -0.2) is 88.2 Å². The van der Waals surface area contributed by atoms with Gasteiger partial charge in [-0.3, -0.25) is 4.90 Å². The number of aliphatic hydroxyl groups excluding tert-OH is 1. The second-order valence-corrected chi connectivity index (χ2v) is 9.59. The molecule has 0 spiro atoms. The number of hydrogen-bond donors (Lipinski definition) is 2. The molecule has 10 nitrogen and oxygen atoms in total. The number of aryl methyl sites for hydroxylation is 1. The van der Waals surface area contributed by atoms with Gasteiger partial charge >= 0.3 is 0 Å². The average Bonchev–Trinajstić information content (AvgIpc) is 3.33. The fourth-order valence-corrected chi connectivity index (χ4v) is 5.30. The van der Waals surface area contributed by atoms with Gasteiger partial charge in [-0.1, -0.05) is 6.07 Å². The Hall–Kier alpha value is -3.73. The minimum absolute atomic E-state index is 0.127. The normalized spacial score (nSPS) is 19.8. The smallest absolute Gasteiger partial charge is 0.227 e. The summed E-state index contributed by atoms with van der Waals surface area (Å²) < 4.78 is 13.8. The van der Waals surface area contributed by atoms with E-state index in [9.17, 15) is 5.11 Å². The number of hydrogen-bond acceptors (Lipinski definition) is 9. The van der Waals surface area contributed by atoms with Crippen molar-refractivity contribution in [2.24, 2.45) is 0 Å². The van der Waals surface area contributed by atoms with Crippen LogP contribution in [0.4, 0.5) is 17.3 Å². The molecule has 0 saturated carbocycles. The third kappa shape index (κ3) is 4.71. The molecule has 2 aliphatic heterocycles. The van der Waals surface area contributed by atoms with Crippen LogP contribution in [0.1, 0.15) is 5.56 Å². The lowest BCUT2D eigenvalue weighted by Crippen LogP contribution is -2.60. The molecular weight excluding hydrogens is 470 g/mol. The Kier molecular flexibility index (Phi) is 6.37. The molecule has 192 valence electrons. The number of rotatable bonds is 7. The van der Waals surface area contributed by atoms with E-state index in [0.717, 1.165) is 65.6 Å². The molecule has 2 bridgehead atoms. The van der Waals surface area contributed by atoms with Gasteiger partial charge in [0.25, 0.3) is 0 Å². The number of aromatic nitrogens is 4. The van der Waals surface area contributed by atoms with Crippen molar-refractivity contribution in [1.29, 1.82) is 0 Å². The van der Waals surface area contributed by atoms with Crippen LogP contribution in [0.25, 0.3) is 16.8 Å². The number of ether oxygens (including phenoxy) is 2. The lowest BCUT2D eigenvalue weighted by molar-refractivity contribution is -0.0961. The molecule has 37 heavy (non-hydrogen) atoms. The maximum absolute atomic E-state index is 9.29. The summed E-state index contributed by atoms with van der Waals surface area (Å²) in [5, 5.41) is 17.1. The van der Waals surface area contributed by atoms with Crippen LogP contribution in [0.15, 0.2) is 55.0 Å². The van der Waals surface area contributed by atoms with E-state index in [0.29, 0.717) is 12.5 Å². The largest absolute Gasteiger partial charge is 0.494 e. The van der Waals surface area contributed by atoms with Gasteiger partial charge in [-0.05, 0) is 36.8 Å². The van der Waals surface area contributed by atoms with Gasteiger partial charge < -0.3 is 24.8 Å². The summed E-state index contributed by atoms with van der Waals surface area (Å²) >= 11 is 0. The Balaban J connectivity index is 1.23. The first-order chi connectivity index (χ1) is 18.1. The van der Waals surface area contributed by atoms with E-state index >= 15 is 0 Å². The molecule has 2 unspecified atom stereocenters. The summed E-state index contributed by atoms with van der Waals surface area (Å²) in [6.07, 6.45) is 5.84. The number of methoxy groups -OCH3 is 1. The predicted molar refractivity (Wildman–Crippen MR) is 142 cm³/mol. The van der Waals surface area contributed by atoms with Crippen LogP contribution in [0.3, 0.4) is 0 Å². The molecule has 2 N–H and O–H groups in total. The number of β-amino-alcohol motifs (C(OH)–C–C–N with tert-alkyl or cyclic N) is 1. The fourth-order valence-electron chi connectivity index (χ4n) is 5.30. The van der Waals surface area contributed by atoms with Crippen LogP contribution in [0.5, 0.6) is 5.75 Å². The first-order valence-electron chi connectivity index (χ1n) is 12.6. The molecule has 2 saturated heterocycles. The lowest BCUT2D eigenvalue weighted by Gasteiger charge is -2.46. The number of morpholine rings is 2. The van der Waals surface area contributed by atoms with Crippen LogP contribution < -0.4 is 15.0 Å². The Morgan fingerprint density at radius 2 is 1.95 bits per heavy atom. The van der Waals surface area contributed by atoms with Crippen molar-refractivity contribution in [1.82, 2.24) is 24.5 Å². The van der Waals surface area contributed by atoms with Gasteiger partial charge in [0, 0.05) is 62.4 Å². The molecule has 6 rings (SSSR count). The Labute approximate surface area is 215 Å². The number of anilines is 3. The van der Waals surface area contributed by atoms with Crippen molar-refractivity contribution in [2.75, 3.05) is 56.7 Å². The zero-order valence-electron chi connectivity index (χ0n) is 21.0. The van der Waals surface area contributed by atoms with E-state index in [2.05, 4.69) is 37.3 Å². The molecule has 10 heteroatoms. The summed E-state index contributed by atoms with van der Waals surface area (Å²) in [6.45, 7) is 6.16. The number of aliphatic hydroxyl groups is 1. The van der Waals surface area contributed by atoms with Gasteiger partial charge in [0.15, 0.2) is 0 Å². The minimum Gasteiger partial charge on any atom is -0.494 e. The second kappa shape index (κ2) is 9.97. The molecule has 2 atom stereocenters. The van der Waals surface area contributed by atoms with Gasteiger partial charge in [0.2, 0.25) is 5.95 Å². The number of nitrogens with zero attached hydrogens (tertiary/aromatic N) is 6. The first kappa shape index (κ1) is 23.7. The van der Waals surface area contributed by atoms with Crippen molar-refractivity contribution in [3.63, 3.8) is 0 Å². The van der Waals surface area contributed by atoms with Crippen molar-refractivity contribution < 1.29 is 14.6 Å². The number of fused-ring (bicyclic) bond motifs is 3. The maximum Gasteiger partial charge on any atom is 0.227 e. The highest BCUT2D eigenvalue weighted by molar-refractivity contribution is 5.80. The van der Waals surface area contributed by atoms with Gasteiger partial charge in [-0.15, -0.1) is 0 Å². The second-order valence-electron chi connectivity index (χ2n) is 9.59. The highest BCUT2D eigenvalue weighted by Crippen LogP contribution is 2.34. The van der Waals surface area contributed by atoms with E-state index in [-0.39, 0.29) is 18.8 Å². The molecule has 4 aromatic rings. The zero-order valence-corrected chi connectivity index (χ0v) is 21.0. The number of pyridine rings is 1. The van der Waals surface area contributed by atoms with Gasteiger partial charge in [-0.2, -0.15) is 5.10 Å². The van der Waals surface area contributed by atoms with Crippen molar-refractivity contribution in [3.8, 4) is 17.0 Å². The first-order valence-corrected chi connectivity index (χ1v) is 12.6. The number of benzene rings is 1. The molecule has 2 aliphatic rings. The van der Waals surface area contributed by atoms with Gasteiger partial charge in [-0.25, -0.2) is 14.5 Å². The van der Waals surface area contributed by atoms with Crippen LogP contribution in [0.2, 0.25) is 0 Å². The highest BCUT2D eigenvalue weighted by Gasteiger charge is 2.35. The van der Waals surface area contributed by atoms with Crippen molar-refractivity contribution in [3.05, 3.63) is 60.6 Å². The Morgan fingerprint density at radius 3 is 2.73 bits per heavy atom. The van der Waals surface area contributed by atoms with E-state index in [4.69, 9.17) is 14.5 Å². The lowest BCUT2D eigenvalue weighted by atomic mass is 10.1. The minimum atomic E-state index is 0.127. The maximum atomic E-state index is 9.29. The topological polar surface area (TPSA) is 100 Å². The van der Waals surface area contributed by atoms with Crippen molar-refractivity contribution >= 4 is 22.8 Å². The zero-order chi connectivity index (χ0) is 25.4. The van der Waals surface area contributed by atoms with Crippen LogP contribution in [-0.2, 0) is 4.74 Å². The average molecular weight is 502 g/mol. The standard InChI is InChI=1S/C27H31N7O3/c1-18-12-28-27(31-26(18)22-13-29-34-8-4-3-5-24(22)34)30-23-7-6-19(11-25(23)36-2)33-16-20-14-32(9-10-35)15-21(17-33)37-20/h3-8,11-13,20-21,35H,9-10,14-17H2,1-2H3,(H,28,30,31). The van der Waals surface area contributed by atoms with E-state index in [1.807, 2.05) is 54.3 Å². The summed E-state index contributed by atoms with van der Waals surface area (Å²) in [5.74, 6) is 1.21. The summed E-state index contributed by atoms with van der Waals surface area (Å²) in [6, 6.07) is 12.1.